The molecule has 0 N–H and O–H groups in total. The van der Waals surface area contributed by atoms with Gasteiger partial charge in [-0.15, -0.1) is 0 Å². The van der Waals surface area contributed by atoms with Crippen molar-refractivity contribution >= 4 is 0 Å². The van der Waals surface area contributed by atoms with Gasteiger partial charge in [0.25, 0.3) is 0 Å². The summed E-state index contributed by atoms with van der Waals surface area (Å²) in [6.45, 7) is 7.81. The molecule has 12 heavy (non-hydrogen) atoms. The molecule has 74 valence electrons. The van der Waals surface area contributed by atoms with Gasteiger partial charge < -0.3 is 4.74 Å². The Labute approximate surface area is 77.5 Å². The van der Waals surface area contributed by atoms with E-state index in [9.17, 15) is 0 Å². The van der Waals surface area contributed by atoms with Crippen molar-refractivity contribution in [1.82, 2.24) is 0 Å². The monoisotopic (exact) mass is 172 g/mol. The molecule has 0 spiro atoms. The highest BCUT2D eigenvalue weighted by Crippen LogP contribution is 2.21. The van der Waals surface area contributed by atoms with Gasteiger partial charge in [-0.25, -0.2) is 0 Å². The van der Waals surface area contributed by atoms with E-state index in [2.05, 4.69) is 20.8 Å². The molecule has 0 radical (unpaired) electrons. The van der Waals surface area contributed by atoms with Crippen LogP contribution >= 0.6 is 0 Å². The summed E-state index contributed by atoms with van der Waals surface area (Å²) in [6, 6.07) is 0. The Balaban J connectivity index is 3.55. The normalized spacial score (nSPS) is 13.8. The zero-order valence-electron chi connectivity index (χ0n) is 9.10. The fraction of sp³-hybridized carbons (Fsp3) is 1.00. The van der Waals surface area contributed by atoms with Crippen molar-refractivity contribution in [2.75, 3.05) is 13.7 Å². The first kappa shape index (κ1) is 12.0. The Morgan fingerprint density at radius 1 is 1.17 bits per heavy atom. The molecule has 1 nitrogen and oxygen atoms in total. The second-order valence-electron chi connectivity index (χ2n) is 3.93. The number of hydrogen-bond acceptors (Lipinski definition) is 1. The minimum atomic E-state index is 0.812. The summed E-state index contributed by atoms with van der Waals surface area (Å²) in [5.74, 6) is 1.68. The molecule has 1 unspecified atom stereocenters. The third kappa shape index (κ3) is 5.59. The first-order valence-corrected chi connectivity index (χ1v) is 5.21. The predicted octanol–water partition coefficient (Wildman–Crippen LogP) is 3.49. The zero-order valence-corrected chi connectivity index (χ0v) is 9.10. The van der Waals surface area contributed by atoms with Crippen LogP contribution in [0.15, 0.2) is 0 Å². The number of methoxy groups -OCH3 is 1. The first-order chi connectivity index (χ1) is 5.72. The second kappa shape index (κ2) is 7.60. The van der Waals surface area contributed by atoms with Gasteiger partial charge in [0.05, 0.1) is 0 Å². The molecule has 0 aromatic carbocycles. The number of ether oxygens (including phenoxy) is 1. The van der Waals surface area contributed by atoms with E-state index in [0.29, 0.717) is 0 Å². The maximum Gasteiger partial charge on any atom is 0.0465 e. The van der Waals surface area contributed by atoms with Crippen LogP contribution in [0.5, 0.6) is 0 Å². The lowest BCUT2D eigenvalue weighted by Gasteiger charge is -2.19. The van der Waals surface area contributed by atoms with Crippen molar-refractivity contribution in [2.45, 2.75) is 46.5 Å². The zero-order chi connectivity index (χ0) is 9.40. The quantitative estimate of drug-likeness (QED) is 0.571. The van der Waals surface area contributed by atoms with E-state index >= 15 is 0 Å². The summed E-state index contributed by atoms with van der Waals surface area (Å²) in [6.07, 6.45) is 5.29. The number of rotatable bonds is 7. The van der Waals surface area contributed by atoms with Crippen LogP contribution in [-0.2, 0) is 4.74 Å². The molecule has 0 aliphatic carbocycles. The average Bonchev–Trinajstić information content (AvgIpc) is 2.04. The molecule has 1 atom stereocenters. The largest absolute Gasteiger partial charge is 0.385 e. The van der Waals surface area contributed by atoms with Gasteiger partial charge >= 0.3 is 0 Å². The van der Waals surface area contributed by atoms with Gasteiger partial charge in [-0.2, -0.15) is 0 Å². The molecule has 0 fully saturated rings. The van der Waals surface area contributed by atoms with Crippen LogP contribution in [0.25, 0.3) is 0 Å². The van der Waals surface area contributed by atoms with E-state index in [4.69, 9.17) is 4.74 Å². The summed E-state index contributed by atoms with van der Waals surface area (Å²) >= 11 is 0. The Morgan fingerprint density at radius 2 is 1.83 bits per heavy atom. The van der Waals surface area contributed by atoms with Crippen molar-refractivity contribution in [2.24, 2.45) is 11.8 Å². The molecule has 0 saturated carbocycles. The molecule has 0 aliphatic heterocycles. The molecule has 0 aliphatic rings. The molecule has 0 rings (SSSR count). The second-order valence-corrected chi connectivity index (χ2v) is 3.93. The van der Waals surface area contributed by atoms with E-state index in [-0.39, 0.29) is 0 Å². The molecule has 0 saturated heterocycles. The van der Waals surface area contributed by atoms with Gasteiger partial charge in [0.1, 0.15) is 0 Å². The lowest BCUT2D eigenvalue weighted by molar-refractivity contribution is 0.161. The van der Waals surface area contributed by atoms with E-state index in [1.165, 1.54) is 25.7 Å². The summed E-state index contributed by atoms with van der Waals surface area (Å²) < 4.78 is 5.10. The van der Waals surface area contributed by atoms with Crippen LogP contribution in [0.2, 0.25) is 0 Å². The lowest BCUT2D eigenvalue weighted by atomic mass is 9.88. The van der Waals surface area contributed by atoms with Crippen LogP contribution < -0.4 is 0 Å². The highest BCUT2D eigenvalue weighted by atomic mass is 16.5. The molecular formula is C11H24O. The average molecular weight is 172 g/mol. The van der Waals surface area contributed by atoms with Crippen molar-refractivity contribution in [3.63, 3.8) is 0 Å². The van der Waals surface area contributed by atoms with Gasteiger partial charge in [0.2, 0.25) is 0 Å². The summed E-state index contributed by atoms with van der Waals surface area (Å²) in [5.41, 5.74) is 0. The van der Waals surface area contributed by atoms with Gasteiger partial charge in [0.15, 0.2) is 0 Å². The Hall–Kier alpha value is -0.0400. The molecule has 1 heteroatoms. The van der Waals surface area contributed by atoms with E-state index in [0.717, 1.165) is 18.4 Å². The minimum absolute atomic E-state index is 0.812. The van der Waals surface area contributed by atoms with Gasteiger partial charge in [-0.05, 0) is 18.3 Å². The molecule has 0 aromatic heterocycles. The SMILES string of the molecule is CCCCC(CCOC)C(C)C. The maximum absolute atomic E-state index is 5.10. The number of unbranched alkanes of at least 4 members (excludes halogenated alkanes) is 1. The summed E-state index contributed by atoms with van der Waals surface area (Å²) in [5, 5.41) is 0. The van der Waals surface area contributed by atoms with E-state index in [1.54, 1.807) is 7.11 Å². The molecule has 0 bridgehead atoms. The van der Waals surface area contributed by atoms with Gasteiger partial charge in [0, 0.05) is 13.7 Å². The Kier molecular flexibility index (Phi) is 7.58. The van der Waals surface area contributed by atoms with Crippen LogP contribution in [-0.4, -0.2) is 13.7 Å². The van der Waals surface area contributed by atoms with Gasteiger partial charge in [-0.1, -0.05) is 40.0 Å². The fourth-order valence-electron chi connectivity index (χ4n) is 1.55. The molecule has 0 aromatic rings. The Morgan fingerprint density at radius 3 is 2.25 bits per heavy atom. The molecule has 0 heterocycles. The van der Waals surface area contributed by atoms with Crippen molar-refractivity contribution < 1.29 is 4.74 Å². The van der Waals surface area contributed by atoms with Crippen molar-refractivity contribution in [1.29, 1.82) is 0 Å². The van der Waals surface area contributed by atoms with Crippen molar-refractivity contribution in [3.05, 3.63) is 0 Å². The smallest absolute Gasteiger partial charge is 0.0465 e. The highest BCUT2D eigenvalue weighted by molar-refractivity contribution is 4.62. The topological polar surface area (TPSA) is 9.23 Å². The maximum atomic E-state index is 5.10. The van der Waals surface area contributed by atoms with Crippen LogP contribution in [0.4, 0.5) is 0 Å². The van der Waals surface area contributed by atoms with E-state index in [1.807, 2.05) is 0 Å². The minimum Gasteiger partial charge on any atom is -0.385 e. The highest BCUT2D eigenvalue weighted by Gasteiger charge is 2.11. The summed E-state index contributed by atoms with van der Waals surface area (Å²) in [7, 11) is 1.79. The molecular weight excluding hydrogens is 148 g/mol. The van der Waals surface area contributed by atoms with Crippen LogP contribution in [0, 0.1) is 11.8 Å². The van der Waals surface area contributed by atoms with Crippen LogP contribution in [0.1, 0.15) is 46.5 Å². The van der Waals surface area contributed by atoms with E-state index < -0.39 is 0 Å². The predicted molar refractivity (Wildman–Crippen MR) is 54.3 cm³/mol. The fourth-order valence-corrected chi connectivity index (χ4v) is 1.55. The third-order valence-corrected chi connectivity index (χ3v) is 2.56. The lowest BCUT2D eigenvalue weighted by Crippen LogP contribution is -2.11. The first-order valence-electron chi connectivity index (χ1n) is 5.21. The standard InChI is InChI=1S/C11H24O/c1-5-6-7-11(10(2)3)8-9-12-4/h10-11H,5-9H2,1-4H3. The molecule has 0 amide bonds. The number of hydrogen-bond donors (Lipinski definition) is 0. The van der Waals surface area contributed by atoms with Crippen LogP contribution in [0.3, 0.4) is 0 Å². The Bertz CT molecular complexity index is 81.0. The summed E-state index contributed by atoms with van der Waals surface area (Å²) in [4.78, 5) is 0. The van der Waals surface area contributed by atoms with Gasteiger partial charge in [-0.3, -0.25) is 0 Å². The van der Waals surface area contributed by atoms with Crippen molar-refractivity contribution in [3.8, 4) is 0 Å². The third-order valence-electron chi connectivity index (χ3n) is 2.56.